The van der Waals surface area contributed by atoms with Crippen molar-refractivity contribution in [2.75, 3.05) is 33.5 Å². The molecule has 0 bridgehead atoms. The van der Waals surface area contributed by atoms with Gasteiger partial charge in [-0.05, 0) is 49.3 Å². The summed E-state index contributed by atoms with van der Waals surface area (Å²) in [6, 6.07) is 7.88. The number of hydrogen-bond acceptors (Lipinski definition) is 4. The molecule has 1 saturated carbocycles. The molecular weight excluding hydrogens is 330 g/mol. The van der Waals surface area contributed by atoms with E-state index >= 15 is 0 Å². The fourth-order valence-corrected chi connectivity index (χ4v) is 4.32. The number of ether oxygens (including phenoxy) is 2. The molecule has 1 unspecified atom stereocenters. The van der Waals surface area contributed by atoms with Crippen molar-refractivity contribution in [2.45, 2.75) is 44.4 Å². The summed E-state index contributed by atoms with van der Waals surface area (Å²) in [5.74, 6) is 1.16. The maximum atomic E-state index is 13.1. The molecule has 1 aromatic carbocycles. The van der Waals surface area contributed by atoms with Gasteiger partial charge >= 0.3 is 0 Å². The number of benzene rings is 1. The molecule has 1 aliphatic carbocycles. The molecule has 26 heavy (non-hydrogen) atoms. The molecule has 0 spiro atoms. The zero-order valence-corrected chi connectivity index (χ0v) is 15.7. The van der Waals surface area contributed by atoms with Gasteiger partial charge in [0.1, 0.15) is 5.75 Å². The van der Waals surface area contributed by atoms with E-state index in [0.29, 0.717) is 25.7 Å². The van der Waals surface area contributed by atoms with E-state index in [1.54, 1.807) is 7.11 Å². The van der Waals surface area contributed by atoms with E-state index in [9.17, 15) is 9.90 Å². The van der Waals surface area contributed by atoms with Gasteiger partial charge in [-0.3, -0.25) is 4.79 Å². The van der Waals surface area contributed by atoms with Gasteiger partial charge in [0, 0.05) is 25.2 Å². The van der Waals surface area contributed by atoms with Crippen LogP contribution in [0.4, 0.5) is 0 Å². The summed E-state index contributed by atoms with van der Waals surface area (Å²) in [6.07, 6.45) is 6.18. The predicted molar refractivity (Wildman–Crippen MR) is 100 cm³/mol. The highest BCUT2D eigenvalue weighted by Crippen LogP contribution is 2.38. The van der Waals surface area contributed by atoms with Crippen LogP contribution in [0.25, 0.3) is 0 Å². The molecule has 5 heteroatoms. The monoisotopic (exact) mass is 361 g/mol. The van der Waals surface area contributed by atoms with E-state index in [4.69, 9.17) is 9.47 Å². The first-order valence-electron chi connectivity index (χ1n) is 9.78. The van der Waals surface area contributed by atoms with Gasteiger partial charge in [-0.1, -0.05) is 25.0 Å². The maximum absolute atomic E-state index is 13.1. The molecule has 5 nitrogen and oxygen atoms in total. The number of carbonyl (C=O) groups excluding carboxylic acids is 1. The van der Waals surface area contributed by atoms with Gasteiger partial charge in [-0.25, -0.2) is 0 Å². The van der Waals surface area contributed by atoms with Crippen molar-refractivity contribution >= 4 is 5.91 Å². The van der Waals surface area contributed by atoms with Gasteiger partial charge < -0.3 is 19.9 Å². The third kappa shape index (κ3) is 4.38. The zero-order valence-electron chi connectivity index (χ0n) is 15.7. The standard InChI is InChI=1S/C21H31NO4/c1-25-18-8-6-17(7-9-18)19(16-4-2-3-5-16)20(24)22-14-21(15-23)10-12-26-13-11-21/h6-9,16,19,23H,2-5,10-15H2,1H3,(H,22,24). The van der Waals surface area contributed by atoms with Crippen molar-refractivity contribution in [2.24, 2.45) is 11.3 Å². The molecule has 0 radical (unpaired) electrons. The SMILES string of the molecule is COc1ccc(C(C(=O)NCC2(CO)CCOCC2)C2CCCC2)cc1. The first-order valence-corrected chi connectivity index (χ1v) is 9.78. The van der Waals surface area contributed by atoms with Crippen LogP contribution in [0, 0.1) is 11.3 Å². The average Bonchev–Trinajstić information content (AvgIpc) is 3.22. The minimum atomic E-state index is -0.242. The predicted octanol–water partition coefficient (Wildman–Crippen LogP) is 2.87. The van der Waals surface area contributed by atoms with Crippen LogP contribution in [0.2, 0.25) is 0 Å². The normalized spacial score (nSPS) is 21.3. The topological polar surface area (TPSA) is 67.8 Å². The first-order chi connectivity index (χ1) is 12.7. The van der Waals surface area contributed by atoms with Crippen molar-refractivity contribution in [3.05, 3.63) is 29.8 Å². The highest BCUT2D eigenvalue weighted by Gasteiger charge is 2.36. The van der Waals surface area contributed by atoms with Gasteiger partial charge in [0.05, 0.1) is 19.6 Å². The van der Waals surface area contributed by atoms with E-state index in [2.05, 4.69) is 5.32 Å². The molecule has 144 valence electrons. The highest BCUT2D eigenvalue weighted by atomic mass is 16.5. The quantitative estimate of drug-likeness (QED) is 0.784. The summed E-state index contributed by atoms with van der Waals surface area (Å²) in [6.45, 7) is 1.92. The maximum Gasteiger partial charge on any atom is 0.227 e. The molecule has 1 heterocycles. The van der Waals surface area contributed by atoms with Crippen LogP contribution in [0.3, 0.4) is 0 Å². The van der Waals surface area contributed by atoms with Crippen LogP contribution in [-0.2, 0) is 9.53 Å². The molecule has 1 saturated heterocycles. The van der Waals surface area contributed by atoms with Gasteiger partial charge in [-0.15, -0.1) is 0 Å². The number of amides is 1. The number of aliphatic hydroxyl groups is 1. The lowest BCUT2D eigenvalue weighted by atomic mass is 9.80. The zero-order chi connectivity index (χ0) is 18.4. The summed E-state index contributed by atoms with van der Waals surface area (Å²) in [4.78, 5) is 13.1. The Morgan fingerprint density at radius 3 is 2.50 bits per heavy atom. The van der Waals surface area contributed by atoms with Crippen molar-refractivity contribution in [3.8, 4) is 5.75 Å². The van der Waals surface area contributed by atoms with Crippen LogP contribution in [0.15, 0.2) is 24.3 Å². The molecular formula is C21H31NO4. The Labute approximate surface area is 156 Å². The largest absolute Gasteiger partial charge is 0.497 e. The Morgan fingerprint density at radius 2 is 1.92 bits per heavy atom. The summed E-state index contributed by atoms with van der Waals surface area (Å²) < 4.78 is 10.7. The molecule has 1 aliphatic heterocycles. The molecule has 1 atom stereocenters. The van der Waals surface area contributed by atoms with E-state index in [-0.39, 0.29) is 23.8 Å². The molecule has 1 amide bonds. The van der Waals surface area contributed by atoms with Gasteiger partial charge in [-0.2, -0.15) is 0 Å². The molecule has 2 fully saturated rings. The van der Waals surface area contributed by atoms with Crippen LogP contribution in [0.5, 0.6) is 5.75 Å². The van der Waals surface area contributed by atoms with Crippen molar-refractivity contribution < 1.29 is 19.4 Å². The third-order valence-electron chi connectivity index (χ3n) is 6.16. The Morgan fingerprint density at radius 1 is 1.27 bits per heavy atom. The Hall–Kier alpha value is -1.59. The Kier molecular flexibility index (Phi) is 6.54. The second-order valence-electron chi connectivity index (χ2n) is 7.78. The van der Waals surface area contributed by atoms with Crippen molar-refractivity contribution in [1.82, 2.24) is 5.32 Å². The fraction of sp³-hybridized carbons (Fsp3) is 0.667. The average molecular weight is 361 g/mol. The second kappa shape index (κ2) is 8.87. The van der Waals surface area contributed by atoms with E-state index < -0.39 is 0 Å². The smallest absolute Gasteiger partial charge is 0.227 e. The van der Waals surface area contributed by atoms with Crippen LogP contribution in [-0.4, -0.2) is 44.5 Å². The molecule has 0 aromatic heterocycles. The van der Waals surface area contributed by atoms with Gasteiger partial charge in [0.25, 0.3) is 0 Å². The fourth-order valence-electron chi connectivity index (χ4n) is 4.32. The lowest BCUT2D eigenvalue weighted by Gasteiger charge is -2.36. The van der Waals surface area contributed by atoms with E-state index in [1.807, 2.05) is 24.3 Å². The van der Waals surface area contributed by atoms with Crippen LogP contribution in [0.1, 0.15) is 50.0 Å². The van der Waals surface area contributed by atoms with Crippen molar-refractivity contribution in [3.63, 3.8) is 0 Å². The summed E-state index contributed by atoms with van der Waals surface area (Å²) in [7, 11) is 1.65. The third-order valence-corrected chi connectivity index (χ3v) is 6.16. The Bertz CT molecular complexity index is 574. The van der Waals surface area contributed by atoms with Crippen molar-refractivity contribution in [1.29, 1.82) is 0 Å². The lowest BCUT2D eigenvalue weighted by molar-refractivity contribution is -0.125. The Balaban J connectivity index is 1.72. The molecule has 3 rings (SSSR count). The number of methoxy groups -OCH3 is 1. The number of nitrogens with one attached hydrogen (secondary N) is 1. The molecule has 1 aromatic rings. The highest BCUT2D eigenvalue weighted by molar-refractivity contribution is 5.84. The van der Waals surface area contributed by atoms with Gasteiger partial charge in [0.2, 0.25) is 5.91 Å². The molecule has 2 N–H and O–H groups in total. The van der Waals surface area contributed by atoms with Crippen LogP contribution >= 0.6 is 0 Å². The minimum absolute atomic E-state index is 0.0846. The summed E-state index contributed by atoms with van der Waals surface area (Å²) in [5, 5.41) is 13.0. The van der Waals surface area contributed by atoms with Crippen LogP contribution < -0.4 is 10.1 Å². The number of carbonyl (C=O) groups is 1. The number of aliphatic hydroxyl groups excluding tert-OH is 1. The number of rotatable bonds is 7. The van der Waals surface area contributed by atoms with E-state index in [0.717, 1.165) is 37.0 Å². The van der Waals surface area contributed by atoms with Gasteiger partial charge in [0.15, 0.2) is 0 Å². The first kappa shape index (κ1) is 19.2. The molecule has 2 aliphatic rings. The minimum Gasteiger partial charge on any atom is -0.497 e. The summed E-state index contributed by atoms with van der Waals surface area (Å²) in [5.41, 5.74) is 0.814. The van der Waals surface area contributed by atoms with E-state index in [1.165, 1.54) is 12.8 Å². The number of hydrogen-bond donors (Lipinski definition) is 2. The lowest BCUT2D eigenvalue weighted by Crippen LogP contribution is -2.45. The summed E-state index contributed by atoms with van der Waals surface area (Å²) >= 11 is 0. The second-order valence-corrected chi connectivity index (χ2v) is 7.78.